The topological polar surface area (TPSA) is 171 Å². The Morgan fingerprint density at radius 3 is 2.39 bits per heavy atom. The van der Waals surface area contributed by atoms with Crippen LogP contribution in [0.15, 0.2) is 42.2 Å². The zero-order chi connectivity index (χ0) is 46.8. The van der Waals surface area contributed by atoms with Crippen molar-refractivity contribution in [3.8, 4) is 11.1 Å². The molecule has 0 radical (unpaired) electrons. The van der Waals surface area contributed by atoms with Crippen molar-refractivity contribution in [2.75, 3.05) is 61.3 Å². The lowest BCUT2D eigenvalue weighted by molar-refractivity contribution is -0.137. The lowest BCUT2D eigenvalue weighted by atomic mass is 9.92. The van der Waals surface area contributed by atoms with Crippen molar-refractivity contribution in [2.24, 2.45) is 18.7 Å². The maximum Gasteiger partial charge on any atom is 0.264 e. The van der Waals surface area contributed by atoms with Crippen LogP contribution in [0, 0.1) is 5.92 Å². The summed E-state index contributed by atoms with van der Waals surface area (Å²) >= 11 is 0. The molecule has 67 heavy (non-hydrogen) atoms. The highest BCUT2D eigenvalue weighted by atomic mass is 19.3. The summed E-state index contributed by atoms with van der Waals surface area (Å²) in [6, 6.07) is 9.10. The number of aryl methyl sites for hydroxylation is 2. The van der Waals surface area contributed by atoms with Crippen molar-refractivity contribution in [3.05, 3.63) is 81.4 Å². The van der Waals surface area contributed by atoms with Crippen molar-refractivity contribution >= 4 is 52.6 Å². The number of rotatable bonds is 9. The quantitative estimate of drug-likeness (QED) is 0.169. The SMILES string of the molecule is CC(=O)N1CCc2c(c(N3CCCc4cc(-c5cn(C)c(/C=C(/C)N)c5N)c(C(F)F)cc43)nn2C2CCN(CC3CCN(c4ccc5c(c4)CN(C4CCC(=O)NC4=O)C5=O)CC3)CC2)C1. The zero-order valence-corrected chi connectivity index (χ0v) is 38.7. The van der Waals surface area contributed by atoms with Gasteiger partial charge in [-0.1, -0.05) is 0 Å². The minimum Gasteiger partial charge on any atom is -0.402 e. The molecule has 3 fully saturated rings. The molecule has 3 saturated heterocycles. The molecular formula is C50H61F2N11O4. The summed E-state index contributed by atoms with van der Waals surface area (Å²) in [6.45, 7) is 10.2. The summed E-state index contributed by atoms with van der Waals surface area (Å²) in [6.07, 6.45) is 7.66. The molecule has 0 bridgehead atoms. The predicted molar refractivity (Wildman–Crippen MR) is 253 cm³/mol. The molecule has 6 aliphatic heterocycles. The van der Waals surface area contributed by atoms with Crippen LogP contribution in [0.4, 0.5) is 31.7 Å². The number of nitrogens with two attached hydrogens (primary N) is 2. The number of benzene rings is 2. The predicted octanol–water partition coefficient (Wildman–Crippen LogP) is 6.03. The molecular weight excluding hydrogens is 857 g/mol. The first-order valence-electron chi connectivity index (χ1n) is 23.9. The van der Waals surface area contributed by atoms with E-state index in [1.54, 1.807) is 37.1 Å². The van der Waals surface area contributed by atoms with Crippen molar-refractivity contribution in [1.82, 2.24) is 34.4 Å². The lowest BCUT2D eigenvalue weighted by Gasteiger charge is -2.39. The summed E-state index contributed by atoms with van der Waals surface area (Å²) in [7, 11) is 1.83. The number of imide groups is 1. The lowest BCUT2D eigenvalue weighted by Crippen LogP contribution is -2.52. The average Bonchev–Trinajstić information content (AvgIpc) is 3.95. The molecule has 6 aliphatic rings. The Balaban J connectivity index is 0.819. The number of halogens is 2. The van der Waals surface area contributed by atoms with Gasteiger partial charge in [-0.05, 0) is 111 Å². The summed E-state index contributed by atoms with van der Waals surface area (Å²) < 4.78 is 34.3. The van der Waals surface area contributed by atoms with E-state index >= 15 is 8.78 Å². The number of likely N-dealkylation sites (tertiary alicyclic amines) is 1. The second kappa shape index (κ2) is 17.8. The number of anilines is 4. The first-order chi connectivity index (χ1) is 32.2. The number of alkyl halides is 2. The fraction of sp³-hybridized carbons (Fsp3) is 0.500. The highest BCUT2D eigenvalue weighted by Gasteiger charge is 2.40. The summed E-state index contributed by atoms with van der Waals surface area (Å²) in [5.74, 6) is 0.496. The fourth-order valence-corrected chi connectivity index (χ4v) is 11.6. The molecule has 1 unspecified atom stereocenters. The highest BCUT2D eigenvalue weighted by Crippen LogP contribution is 2.46. The summed E-state index contributed by atoms with van der Waals surface area (Å²) in [5, 5.41) is 7.76. The number of aromatic nitrogens is 3. The van der Waals surface area contributed by atoms with Crippen LogP contribution < -0.4 is 26.6 Å². The number of nitrogens with zero attached hydrogens (tertiary/aromatic N) is 8. The van der Waals surface area contributed by atoms with Crippen LogP contribution >= 0.6 is 0 Å². The van der Waals surface area contributed by atoms with E-state index in [1.807, 2.05) is 34.7 Å². The second-order valence-corrected chi connectivity index (χ2v) is 19.6. The van der Waals surface area contributed by atoms with E-state index in [9.17, 15) is 19.2 Å². The van der Waals surface area contributed by atoms with Gasteiger partial charge in [0.05, 0.1) is 24.0 Å². The fourth-order valence-electron chi connectivity index (χ4n) is 11.6. The molecule has 4 aromatic rings. The van der Waals surface area contributed by atoms with E-state index in [0.29, 0.717) is 78.7 Å². The Morgan fingerprint density at radius 1 is 0.896 bits per heavy atom. The van der Waals surface area contributed by atoms with E-state index < -0.39 is 18.4 Å². The third kappa shape index (κ3) is 8.33. The van der Waals surface area contributed by atoms with Gasteiger partial charge in [0, 0.05) is 130 Å². The number of carbonyl (C=O) groups excluding carboxylic acids is 4. The van der Waals surface area contributed by atoms with Crippen molar-refractivity contribution < 1.29 is 28.0 Å². The molecule has 10 rings (SSSR count). The summed E-state index contributed by atoms with van der Waals surface area (Å²) in [4.78, 5) is 60.8. The minimum atomic E-state index is -2.74. The molecule has 4 amide bonds. The smallest absolute Gasteiger partial charge is 0.264 e. The van der Waals surface area contributed by atoms with Crippen LogP contribution in [0.1, 0.15) is 115 Å². The molecule has 0 saturated carbocycles. The number of hydrogen-bond acceptors (Lipinski definition) is 10. The van der Waals surface area contributed by atoms with E-state index in [4.69, 9.17) is 16.6 Å². The van der Waals surface area contributed by atoms with Crippen LogP contribution in [0.25, 0.3) is 17.2 Å². The van der Waals surface area contributed by atoms with Crippen molar-refractivity contribution in [2.45, 2.75) is 103 Å². The van der Waals surface area contributed by atoms with Gasteiger partial charge in [-0.15, -0.1) is 0 Å². The van der Waals surface area contributed by atoms with Gasteiger partial charge in [0.1, 0.15) is 6.04 Å². The molecule has 354 valence electrons. The van der Waals surface area contributed by atoms with E-state index in [-0.39, 0.29) is 35.7 Å². The van der Waals surface area contributed by atoms with Gasteiger partial charge in [-0.2, -0.15) is 5.10 Å². The maximum atomic E-state index is 15.1. The van der Waals surface area contributed by atoms with Gasteiger partial charge in [0.2, 0.25) is 17.7 Å². The molecule has 17 heteroatoms. The summed E-state index contributed by atoms with van der Waals surface area (Å²) in [5.41, 5.74) is 21.6. The Labute approximate surface area is 389 Å². The van der Waals surface area contributed by atoms with Gasteiger partial charge in [0.25, 0.3) is 12.3 Å². The van der Waals surface area contributed by atoms with Crippen LogP contribution in [0.2, 0.25) is 0 Å². The van der Waals surface area contributed by atoms with Gasteiger partial charge in [-0.3, -0.25) is 29.2 Å². The van der Waals surface area contributed by atoms with Gasteiger partial charge in [-0.25, -0.2) is 8.78 Å². The molecule has 2 aromatic heterocycles. The van der Waals surface area contributed by atoms with E-state index in [0.717, 1.165) is 111 Å². The molecule has 15 nitrogen and oxygen atoms in total. The van der Waals surface area contributed by atoms with Gasteiger partial charge >= 0.3 is 0 Å². The number of hydrogen-bond donors (Lipinski definition) is 3. The number of nitrogen functional groups attached to an aromatic ring is 1. The van der Waals surface area contributed by atoms with Crippen LogP contribution in [-0.2, 0) is 47.4 Å². The Hall–Kier alpha value is -6.23. The molecule has 5 N–H and O–H groups in total. The molecule has 0 spiro atoms. The first-order valence-corrected chi connectivity index (χ1v) is 23.9. The maximum absolute atomic E-state index is 15.1. The third-order valence-electron chi connectivity index (χ3n) is 15.2. The van der Waals surface area contributed by atoms with Gasteiger partial charge in [0.15, 0.2) is 5.82 Å². The van der Waals surface area contributed by atoms with Gasteiger partial charge < -0.3 is 40.5 Å². The minimum absolute atomic E-state index is 0.00814. The Bertz CT molecular complexity index is 2670. The van der Waals surface area contributed by atoms with Crippen LogP contribution in [0.5, 0.6) is 0 Å². The van der Waals surface area contributed by atoms with Crippen LogP contribution in [0.3, 0.4) is 0 Å². The Kier molecular flexibility index (Phi) is 11.8. The van der Waals surface area contributed by atoms with E-state index in [2.05, 4.69) is 30.8 Å². The standard InChI is InChI=1S/C50H61F2N11O4/c1-29(53)21-44-46(54)39(27-57(44)3)37-23-32-5-4-15-61(43(32)24-38(37)47(51)52)48-40-28-60(30(2)64)20-14-41(40)63(56-48)34-12-16-58(17-13-34)25-31-10-18-59(19-11-31)35-6-7-36-33(22-35)26-62(50(36)67)42-8-9-45(65)55-49(42)66/h6-7,21-24,27,31,34,42,47H,4-5,8-20,25-26,28,53-54H2,1-3H3,(H,55,65,66)/b29-21-. The molecule has 2 aromatic carbocycles. The molecule has 1 atom stereocenters. The normalized spacial score (nSPS) is 21.0. The highest BCUT2D eigenvalue weighted by molar-refractivity contribution is 6.05. The molecule has 8 heterocycles. The molecule has 0 aliphatic carbocycles. The van der Waals surface area contributed by atoms with Crippen molar-refractivity contribution in [1.29, 1.82) is 0 Å². The number of piperidine rings is 3. The second-order valence-electron chi connectivity index (χ2n) is 19.6. The van der Waals surface area contributed by atoms with Crippen molar-refractivity contribution in [3.63, 3.8) is 0 Å². The monoisotopic (exact) mass is 917 g/mol. The van der Waals surface area contributed by atoms with E-state index in [1.165, 1.54) is 0 Å². The number of amides is 4. The largest absolute Gasteiger partial charge is 0.402 e. The zero-order valence-electron chi connectivity index (χ0n) is 38.7. The number of carbonyl (C=O) groups is 4. The van der Waals surface area contributed by atoms with Crippen LogP contribution in [-0.4, -0.2) is 105 Å². The average molecular weight is 918 g/mol. The number of fused-ring (bicyclic) bond motifs is 3. The Morgan fingerprint density at radius 2 is 1.67 bits per heavy atom. The number of allylic oxidation sites excluding steroid dienone is 1. The third-order valence-corrected chi connectivity index (χ3v) is 15.2. The number of nitrogens with one attached hydrogen (secondary N) is 1. The first kappa shape index (κ1) is 44.6.